The molecule has 1 aromatic heterocycles. The van der Waals surface area contributed by atoms with Gasteiger partial charge in [0.1, 0.15) is 12.4 Å². The second-order valence-electron chi connectivity index (χ2n) is 4.18. The minimum Gasteiger partial charge on any atom is -0.491 e. The van der Waals surface area contributed by atoms with Crippen LogP contribution in [0.15, 0.2) is 35.7 Å². The van der Waals surface area contributed by atoms with E-state index in [1.165, 1.54) is 11.3 Å². The fraction of sp³-hybridized carbons (Fsp3) is 0.267. The van der Waals surface area contributed by atoms with Crippen molar-refractivity contribution in [3.8, 4) is 5.75 Å². The third-order valence-corrected chi connectivity index (χ3v) is 3.76. The Morgan fingerprint density at radius 1 is 1.30 bits per heavy atom. The predicted octanol–water partition coefficient (Wildman–Crippen LogP) is 2.93. The Bertz CT molecular complexity index is 563. The first-order valence-electron chi connectivity index (χ1n) is 6.46. The summed E-state index contributed by atoms with van der Waals surface area (Å²) in [6.07, 6.45) is 0.847. The molecule has 0 unspecified atom stereocenters. The van der Waals surface area contributed by atoms with Gasteiger partial charge in [-0.3, -0.25) is 4.79 Å². The van der Waals surface area contributed by atoms with Crippen LogP contribution in [0, 0.1) is 0 Å². The first-order chi connectivity index (χ1) is 9.74. The number of rotatable bonds is 6. The molecule has 1 aromatic carbocycles. The third-order valence-electron chi connectivity index (χ3n) is 2.81. The molecular formula is C15H17NO3S. The molecule has 0 aliphatic heterocycles. The monoisotopic (exact) mass is 291 g/mol. The fourth-order valence-corrected chi connectivity index (χ4v) is 2.69. The highest BCUT2D eigenvalue weighted by molar-refractivity contribution is 7.12. The van der Waals surface area contributed by atoms with Crippen LogP contribution in [-0.4, -0.2) is 24.2 Å². The number of aliphatic hydroxyl groups is 1. The van der Waals surface area contributed by atoms with Crippen molar-refractivity contribution in [3.63, 3.8) is 0 Å². The summed E-state index contributed by atoms with van der Waals surface area (Å²) in [5.74, 6) is 0.586. The first kappa shape index (κ1) is 14.6. The molecule has 0 aliphatic carbocycles. The Labute approximate surface area is 122 Å². The number of anilines is 1. The average molecular weight is 291 g/mol. The highest BCUT2D eigenvalue weighted by Crippen LogP contribution is 2.20. The lowest BCUT2D eigenvalue weighted by atomic mass is 10.2. The van der Waals surface area contributed by atoms with Gasteiger partial charge in [0.15, 0.2) is 0 Å². The van der Waals surface area contributed by atoms with Crippen LogP contribution in [0.5, 0.6) is 5.75 Å². The smallest absolute Gasteiger partial charge is 0.266 e. The highest BCUT2D eigenvalue weighted by atomic mass is 32.1. The molecule has 0 saturated carbocycles. The number of carbonyl (C=O) groups excluding carboxylic acids is 1. The number of carbonyl (C=O) groups is 1. The van der Waals surface area contributed by atoms with Gasteiger partial charge in [0, 0.05) is 5.69 Å². The standard InChI is InChI=1S/C15H17NO3S/c1-2-11-7-10-20-14(11)15(18)16-12-3-5-13(6-4-12)19-9-8-17/h3-7,10,17H,2,8-9H2,1H3,(H,16,18). The lowest BCUT2D eigenvalue weighted by Crippen LogP contribution is -2.11. The molecule has 106 valence electrons. The molecule has 1 heterocycles. The number of aliphatic hydroxyl groups excluding tert-OH is 1. The van der Waals surface area contributed by atoms with Crippen LogP contribution in [0.3, 0.4) is 0 Å². The van der Waals surface area contributed by atoms with Crippen molar-refractivity contribution in [1.82, 2.24) is 0 Å². The summed E-state index contributed by atoms with van der Waals surface area (Å²) in [6.45, 7) is 2.28. The number of amides is 1. The van der Waals surface area contributed by atoms with Crippen molar-refractivity contribution in [1.29, 1.82) is 0 Å². The minimum absolute atomic E-state index is 0.0172. The van der Waals surface area contributed by atoms with E-state index in [-0.39, 0.29) is 19.1 Å². The van der Waals surface area contributed by atoms with E-state index in [1.54, 1.807) is 24.3 Å². The molecule has 2 aromatic rings. The van der Waals surface area contributed by atoms with E-state index in [9.17, 15) is 4.79 Å². The zero-order chi connectivity index (χ0) is 14.4. The quantitative estimate of drug-likeness (QED) is 0.860. The Balaban J connectivity index is 2.01. The Morgan fingerprint density at radius 3 is 2.70 bits per heavy atom. The third kappa shape index (κ3) is 3.59. The van der Waals surface area contributed by atoms with Gasteiger partial charge in [-0.15, -0.1) is 11.3 Å². The van der Waals surface area contributed by atoms with Crippen LogP contribution < -0.4 is 10.1 Å². The van der Waals surface area contributed by atoms with E-state index >= 15 is 0 Å². The summed E-state index contributed by atoms with van der Waals surface area (Å²) in [5.41, 5.74) is 1.79. The van der Waals surface area contributed by atoms with Crippen molar-refractivity contribution < 1.29 is 14.6 Å². The number of nitrogens with one attached hydrogen (secondary N) is 1. The van der Waals surface area contributed by atoms with Crippen LogP contribution in [0.25, 0.3) is 0 Å². The molecule has 0 bridgehead atoms. The van der Waals surface area contributed by atoms with E-state index in [1.807, 2.05) is 18.4 Å². The Kier molecular flexibility index (Phi) is 5.15. The highest BCUT2D eigenvalue weighted by Gasteiger charge is 2.12. The maximum atomic E-state index is 12.1. The van der Waals surface area contributed by atoms with Crippen LogP contribution >= 0.6 is 11.3 Å². The molecule has 1 amide bonds. The van der Waals surface area contributed by atoms with E-state index in [2.05, 4.69) is 5.32 Å². The van der Waals surface area contributed by atoms with Gasteiger partial charge in [0.2, 0.25) is 0 Å². The van der Waals surface area contributed by atoms with Gasteiger partial charge in [-0.2, -0.15) is 0 Å². The fourth-order valence-electron chi connectivity index (χ4n) is 1.80. The maximum absolute atomic E-state index is 12.1. The number of hydrogen-bond donors (Lipinski definition) is 2. The van der Waals surface area contributed by atoms with Crippen molar-refractivity contribution in [2.75, 3.05) is 18.5 Å². The number of ether oxygens (including phenoxy) is 1. The topological polar surface area (TPSA) is 58.6 Å². The van der Waals surface area contributed by atoms with Crippen molar-refractivity contribution in [3.05, 3.63) is 46.2 Å². The zero-order valence-corrected chi connectivity index (χ0v) is 12.1. The van der Waals surface area contributed by atoms with Crippen molar-refractivity contribution in [2.24, 2.45) is 0 Å². The van der Waals surface area contributed by atoms with E-state index in [0.717, 1.165) is 22.5 Å². The van der Waals surface area contributed by atoms with E-state index in [0.29, 0.717) is 5.75 Å². The molecule has 0 atom stereocenters. The molecule has 0 radical (unpaired) electrons. The van der Waals surface area contributed by atoms with Gasteiger partial charge in [0.25, 0.3) is 5.91 Å². The maximum Gasteiger partial charge on any atom is 0.266 e. The summed E-state index contributed by atoms with van der Waals surface area (Å²) in [4.78, 5) is 12.9. The Hall–Kier alpha value is -1.85. The van der Waals surface area contributed by atoms with Crippen molar-refractivity contribution >= 4 is 22.9 Å². The molecule has 0 aliphatic rings. The SMILES string of the molecule is CCc1ccsc1C(=O)Nc1ccc(OCCO)cc1. The van der Waals surface area contributed by atoms with Crippen LogP contribution in [0.1, 0.15) is 22.2 Å². The van der Waals surface area contributed by atoms with Gasteiger partial charge in [-0.25, -0.2) is 0 Å². The molecule has 0 saturated heterocycles. The molecule has 2 rings (SSSR count). The lowest BCUT2D eigenvalue weighted by Gasteiger charge is -2.07. The minimum atomic E-state index is -0.0825. The second-order valence-corrected chi connectivity index (χ2v) is 5.10. The van der Waals surface area contributed by atoms with Gasteiger partial charge in [-0.1, -0.05) is 6.92 Å². The molecule has 4 nitrogen and oxygen atoms in total. The van der Waals surface area contributed by atoms with E-state index < -0.39 is 0 Å². The van der Waals surface area contributed by atoms with Crippen LogP contribution in [0.4, 0.5) is 5.69 Å². The molecular weight excluding hydrogens is 274 g/mol. The predicted molar refractivity (Wildman–Crippen MR) is 80.7 cm³/mol. The first-order valence-corrected chi connectivity index (χ1v) is 7.34. The van der Waals surface area contributed by atoms with E-state index in [4.69, 9.17) is 9.84 Å². The normalized spacial score (nSPS) is 10.3. The largest absolute Gasteiger partial charge is 0.491 e. The summed E-state index contributed by atoms with van der Waals surface area (Å²) >= 11 is 1.45. The van der Waals surface area contributed by atoms with Gasteiger partial charge in [-0.05, 0) is 47.7 Å². The number of thiophene rings is 1. The molecule has 0 fully saturated rings. The summed E-state index contributed by atoms with van der Waals surface area (Å²) in [6, 6.07) is 9.07. The van der Waals surface area contributed by atoms with Crippen LogP contribution in [0.2, 0.25) is 0 Å². The number of hydrogen-bond acceptors (Lipinski definition) is 4. The average Bonchev–Trinajstić information content (AvgIpc) is 2.95. The number of benzene rings is 1. The Morgan fingerprint density at radius 2 is 2.05 bits per heavy atom. The summed E-state index contributed by atoms with van der Waals surface area (Å²) < 4.78 is 5.26. The zero-order valence-electron chi connectivity index (χ0n) is 11.3. The second kappa shape index (κ2) is 7.07. The van der Waals surface area contributed by atoms with Gasteiger partial charge >= 0.3 is 0 Å². The van der Waals surface area contributed by atoms with Crippen LogP contribution in [-0.2, 0) is 6.42 Å². The van der Waals surface area contributed by atoms with Gasteiger partial charge in [0.05, 0.1) is 11.5 Å². The summed E-state index contributed by atoms with van der Waals surface area (Å²) in [5, 5.41) is 13.5. The lowest BCUT2D eigenvalue weighted by molar-refractivity contribution is 0.103. The number of aryl methyl sites for hydroxylation is 1. The van der Waals surface area contributed by atoms with Crippen molar-refractivity contribution in [2.45, 2.75) is 13.3 Å². The molecule has 0 spiro atoms. The van der Waals surface area contributed by atoms with Gasteiger partial charge < -0.3 is 15.2 Å². The molecule has 5 heteroatoms. The molecule has 20 heavy (non-hydrogen) atoms. The molecule has 2 N–H and O–H groups in total. The summed E-state index contributed by atoms with van der Waals surface area (Å²) in [7, 11) is 0.